The second-order valence-electron chi connectivity index (χ2n) is 5.50. The van der Waals surface area contributed by atoms with Crippen LogP contribution in [-0.2, 0) is 0 Å². The molecule has 2 rings (SSSR count). The van der Waals surface area contributed by atoms with E-state index in [0.29, 0.717) is 5.92 Å². The van der Waals surface area contributed by atoms with Gasteiger partial charge >= 0.3 is 0 Å². The molecular weight excluding hydrogens is 236 g/mol. The molecule has 4 nitrogen and oxygen atoms in total. The minimum absolute atomic E-state index is 0.594. The molecule has 0 aromatic carbocycles. The van der Waals surface area contributed by atoms with Crippen molar-refractivity contribution >= 4 is 11.6 Å². The molecule has 0 spiro atoms. The number of rotatable bonds is 7. The molecule has 0 atom stereocenters. The van der Waals surface area contributed by atoms with E-state index in [1.54, 1.807) is 0 Å². The fourth-order valence-corrected chi connectivity index (χ4v) is 2.27. The predicted octanol–water partition coefficient (Wildman–Crippen LogP) is 3.33. The molecule has 0 unspecified atom stereocenters. The van der Waals surface area contributed by atoms with Crippen LogP contribution >= 0.6 is 0 Å². The van der Waals surface area contributed by atoms with Crippen LogP contribution in [0, 0.1) is 6.92 Å². The number of hydrogen-bond donors (Lipinski definition) is 1. The topological polar surface area (TPSA) is 41.1 Å². The molecule has 0 saturated heterocycles. The second kappa shape index (κ2) is 6.22. The van der Waals surface area contributed by atoms with E-state index in [0.717, 1.165) is 43.4 Å². The molecule has 1 aromatic rings. The largest absolute Gasteiger partial charge is 0.370 e. The van der Waals surface area contributed by atoms with E-state index in [1.807, 2.05) is 0 Å². The predicted molar refractivity (Wildman–Crippen MR) is 81.1 cm³/mol. The van der Waals surface area contributed by atoms with Crippen molar-refractivity contribution in [3.8, 4) is 0 Å². The Bertz CT molecular complexity index is 426. The molecular formula is C15H26N4. The Hall–Kier alpha value is -1.32. The quantitative estimate of drug-likeness (QED) is 0.818. The van der Waals surface area contributed by atoms with Gasteiger partial charge in [-0.25, -0.2) is 9.97 Å². The van der Waals surface area contributed by atoms with Crippen molar-refractivity contribution in [1.29, 1.82) is 0 Å². The standard InChI is InChI=1S/C15H26N4/c1-5-9-16-13-11(3)15(19(4)10-6-2)18-14(17-13)12-7-8-12/h12H,5-10H2,1-4H3,(H,16,17,18). The van der Waals surface area contributed by atoms with Crippen LogP contribution < -0.4 is 10.2 Å². The van der Waals surface area contributed by atoms with E-state index < -0.39 is 0 Å². The highest BCUT2D eigenvalue weighted by Crippen LogP contribution is 2.39. The van der Waals surface area contributed by atoms with Gasteiger partial charge in [0, 0.05) is 31.6 Å². The average Bonchev–Trinajstić information content (AvgIpc) is 3.22. The van der Waals surface area contributed by atoms with Gasteiger partial charge in [-0.3, -0.25) is 0 Å². The van der Waals surface area contributed by atoms with Gasteiger partial charge < -0.3 is 10.2 Å². The summed E-state index contributed by atoms with van der Waals surface area (Å²) in [6.45, 7) is 8.50. The van der Waals surface area contributed by atoms with Crippen LogP contribution in [0.4, 0.5) is 11.6 Å². The first-order valence-corrected chi connectivity index (χ1v) is 7.50. The molecule has 1 aliphatic carbocycles. The highest BCUT2D eigenvalue weighted by atomic mass is 15.2. The maximum atomic E-state index is 4.80. The number of anilines is 2. The zero-order valence-corrected chi connectivity index (χ0v) is 12.7. The van der Waals surface area contributed by atoms with Gasteiger partial charge in [0.1, 0.15) is 17.5 Å². The van der Waals surface area contributed by atoms with E-state index in [1.165, 1.54) is 18.4 Å². The lowest BCUT2D eigenvalue weighted by Crippen LogP contribution is -2.22. The number of nitrogens with one attached hydrogen (secondary N) is 1. The molecule has 4 heteroatoms. The summed E-state index contributed by atoms with van der Waals surface area (Å²) in [5, 5.41) is 3.45. The molecule has 1 heterocycles. The fraction of sp³-hybridized carbons (Fsp3) is 0.733. The van der Waals surface area contributed by atoms with Crippen LogP contribution in [0.25, 0.3) is 0 Å². The van der Waals surface area contributed by atoms with E-state index >= 15 is 0 Å². The van der Waals surface area contributed by atoms with Gasteiger partial charge in [0.15, 0.2) is 0 Å². The van der Waals surface area contributed by atoms with E-state index in [9.17, 15) is 0 Å². The molecule has 0 bridgehead atoms. The van der Waals surface area contributed by atoms with E-state index in [2.05, 4.69) is 38.0 Å². The summed E-state index contributed by atoms with van der Waals surface area (Å²) in [4.78, 5) is 11.8. The third kappa shape index (κ3) is 3.37. The molecule has 1 aliphatic rings. The summed E-state index contributed by atoms with van der Waals surface area (Å²) in [5.74, 6) is 3.74. The smallest absolute Gasteiger partial charge is 0.137 e. The van der Waals surface area contributed by atoms with E-state index in [4.69, 9.17) is 9.97 Å². The molecule has 0 amide bonds. The highest BCUT2D eigenvalue weighted by Gasteiger charge is 2.28. The van der Waals surface area contributed by atoms with Crippen LogP contribution in [0.5, 0.6) is 0 Å². The molecule has 1 fully saturated rings. The van der Waals surface area contributed by atoms with Gasteiger partial charge in [0.2, 0.25) is 0 Å². The SMILES string of the molecule is CCCNc1nc(C2CC2)nc(N(C)CCC)c1C. The Morgan fingerprint density at radius 2 is 1.95 bits per heavy atom. The molecule has 0 aliphatic heterocycles. The molecule has 106 valence electrons. The van der Waals surface area contributed by atoms with Crippen molar-refractivity contribution in [2.45, 2.75) is 52.4 Å². The number of nitrogens with zero attached hydrogens (tertiary/aromatic N) is 3. The first-order valence-electron chi connectivity index (χ1n) is 7.50. The van der Waals surface area contributed by atoms with Crippen molar-refractivity contribution in [2.75, 3.05) is 30.4 Å². The first kappa shape index (κ1) is 14.1. The minimum Gasteiger partial charge on any atom is -0.370 e. The summed E-state index contributed by atoms with van der Waals surface area (Å²) < 4.78 is 0. The third-order valence-corrected chi connectivity index (χ3v) is 3.54. The zero-order chi connectivity index (χ0) is 13.8. The van der Waals surface area contributed by atoms with Gasteiger partial charge in [0.05, 0.1) is 0 Å². The van der Waals surface area contributed by atoms with Gasteiger partial charge in [-0.15, -0.1) is 0 Å². The van der Waals surface area contributed by atoms with E-state index in [-0.39, 0.29) is 0 Å². The van der Waals surface area contributed by atoms with Gasteiger partial charge in [-0.1, -0.05) is 13.8 Å². The molecule has 19 heavy (non-hydrogen) atoms. The molecule has 1 aromatic heterocycles. The minimum atomic E-state index is 0.594. The summed E-state index contributed by atoms with van der Waals surface area (Å²) in [7, 11) is 2.12. The molecule has 1 N–H and O–H groups in total. The normalized spacial score (nSPS) is 14.5. The lowest BCUT2D eigenvalue weighted by molar-refractivity contribution is 0.810. The lowest BCUT2D eigenvalue weighted by atomic mass is 10.2. The third-order valence-electron chi connectivity index (χ3n) is 3.54. The van der Waals surface area contributed by atoms with Crippen molar-refractivity contribution in [3.63, 3.8) is 0 Å². The first-order chi connectivity index (χ1) is 9.17. The van der Waals surface area contributed by atoms with Crippen LogP contribution in [0.15, 0.2) is 0 Å². The highest BCUT2D eigenvalue weighted by molar-refractivity contribution is 5.58. The van der Waals surface area contributed by atoms with Crippen LogP contribution in [0.2, 0.25) is 0 Å². The molecule has 0 radical (unpaired) electrons. The van der Waals surface area contributed by atoms with Crippen molar-refractivity contribution in [3.05, 3.63) is 11.4 Å². The maximum Gasteiger partial charge on any atom is 0.137 e. The fourth-order valence-electron chi connectivity index (χ4n) is 2.27. The van der Waals surface area contributed by atoms with Crippen LogP contribution in [-0.4, -0.2) is 30.1 Å². The monoisotopic (exact) mass is 262 g/mol. The van der Waals surface area contributed by atoms with Gasteiger partial charge in [-0.2, -0.15) is 0 Å². The van der Waals surface area contributed by atoms with Crippen molar-refractivity contribution < 1.29 is 0 Å². The maximum absolute atomic E-state index is 4.80. The Morgan fingerprint density at radius 1 is 1.21 bits per heavy atom. The molecule has 1 saturated carbocycles. The Labute approximate surface area is 116 Å². The van der Waals surface area contributed by atoms with Gasteiger partial charge in [0.25, 0.3) is 0 Å². The summed E-state index contributed by atoms with van der Waals surface area (Å²) in [6, 6.07) is 0. The van der Waals surface area contributed by atoms with Crippen molar-refractivity contribution in [1.82, 2.24) is 9.97 Å². The van der Waals surface area contributed by atoms with Crippen LogP contribution in [0.3, 0.4) is 0 Å². The number of aromatic nitrogens is 2. The zero-order valence-electron chi connectivity index (χ0n) is 12.7. The van der Waals surface area contributed by atoms with Crippen LogP contribution in [0.1, 0.15) is 56.8 Å². The van der Waals surface area contributed by atoms with Gasteiger partial charge in [-0.05, 0) is 32.6 Å². The summed E-state index contributed by atoms with van der Waals surface area (Å²) >= 11 is 0. The Morgan fingerprint density at radius 3 is 2.53 bits per heavy atom. The van der Waals surface area contributed by atoms with Crippen molar-refractivity contribution in [2.24, 2.45) is 0 Å². The Balaban J connectivity index is 2.30. The number of hydrogen-bond acceptors (Lipinski definition) is 4. The summed E-state index contributed by atoms with van der Waals surface area (Å²) in [5.41, 5.74) is 1.17. The summed E-state index contributed by atoms with van der Waals surface area (Å²) in [6.07, 6.45) is 4.74. The second-order valence-corrected chi connectivity index (χ2v) is 5.50. The lowest BCUT2D eigenvalue weighted by Gasteiger charge is -2.22. The Kier molecular flexibility index (Phi) is 4.61. The average molecular weight is 262 g/mol.